The van der Waals surface area contributed by atoms with Gasteiger partial charge in [-0.3, -0.25) is 4.79 Å². The highest BCUT2D eigenvalue weighted by molar-refractivity contribution is 7.99. The van der Waals surface area contributed by atoms with Crippen LogP contribution in [0.2, 0.25) is 5.02 Å². The Bertz CT molecular complexity index is 1280. The fourth-order valence-corrected chi connectivity index (χ4v) is 6.02. The highest BCUT2D eigenvalue weighted by Crippen LogP contribution is 2.51. The number of halogens is 1. The zero-order valence-corrected chi connectivity index (χ0v) is 19.9. The number of rotatable bonds is 4. The summed E-state index contributed by atoms with van der Waals surface area (Å²) < 4.78 is 0. The van der Waals surface area contributed by atoms with Crippen LogP contribution in [-0.2, 0) is 6.42 Å². The minimum Gasteiger partial charge on any atom is -0.382 e. The fourth-order valence-electron chi connectivity index (χ4n) is 4.98. The molecule has 3 heterocycles. The molecule has 0 radical (unpaired) electrons. The summed E-state index contributed by atoms with van der Waals surface area (Å²) >= 11 is 7.41. The number of amides is 1. The summed E-state index contributed by atoms with van der Waals surface area (Å²) in [6.07, 6.45) is 4.22. The molecule has 2 aromatic heterocycles. The van der Waals surface area contributed by atoms with Crippen LogP contribution in [0, 0.1) is 5.41 Å². The first-order chi connectivity index (χ1) is 16.3. The van der Waals surface area contributed by atoms with E-state index in [0.717, 1.165) is 31.0 Å². The number of nitrogen functional groups attached to an aromatic ring is 2. The molecular weight excluding hydrogens is 472 g/mol. The summed E-state index contributed by atoms with van der Waals surface area (Å²) in [5.41, 5.74) is 27.0. The van der Waals surface area contributed by atoms with E-state index >= 15 is 0 Å². The Kier molecular flexibility index (Phi) is 5.75. The number of aromatic nitrogens is 3. The minimum absolute atomic E-state index is 0.000135. The quantitative estimate of drug-likeness (QED) is 0.425. The third-order valence-electron chi connectivity index (χ3n) is 6.84. The summed E-state index contributed by atoms with van der Waals surface area (Å²) in [4.78, 5) is 27.9. The molecule has 11 heteroatoms. The molecule has 3 aromatic rings. The van der Waals surface area contributed by atoms with Gasteiger partial charge in [0.15, 0.2) is 17.3 Å². The SMILES string of the molecule is NC(=O)c1nc(Sc2ccnc(N)c2Cl)c(N)nc1N1CCC2(CC1)Cc1ccccc1[C@H]2N. The third kappa shape index (κ3) is 3.81. The van der Waals surface area contributed by atoms with Crippen molar-refractivity contribution in [2.24, 2.45) is 16.9 Å². The Morgan fingerprint density at radius 1 is 1.12 bits per heavy atom. The van der Waals surface area contributed by atoms with Gasteiger partial charge in [-0.05, 0) is 41.9 Å². The molecular formula is C23H25ClN8OS. The maximum atomic E-state index is 12.3. The number of primary amides is 1. The Morgan fingerprint density at radius 3 is 2.56 bits per heavy atom. The van der Waals surface area contributed by atoms with Crippen molar-refractivity contribution in [3.63, 3.8) is 0 Å². The number of hydrogen-bond donors (Lipinski definition) is 4. The second-order valence-corrected chi connectivity index (χ2v) is 10.2. The molecule has 34 heavy (non-hydrogen) atoms. The number of hydrogen-bond acceptors (Lipinski definition) is 9. The zero-order valence-electron chi connectivity index (χ0n) is 18.4. The Hall–Kier alpha value is -3.08. The van der Waals surface area contributed by atoms with Gasteiger partial charge in [-0.25, -0.2) is 15.0 Å². The fraction of sp³-hybridized carbons (Fsp3) is 0.304. The van der Waals surface area contributed by atoms with Gasteiger partial charge >= 0.3 is 0 Å². The molecule has 1 saturated heterocycles. The average Bonchev–Trinajstić information content (AvgIpc) is 3.09. The molecule has 0 unspecified atom stereocenters. The van der Waals surface area contributed by atoms with E-state index in [9.17, 15) is 4.79 Å². The van der Waals surface area contributed by atoms with Crippen LogP contribution in [0.15, 0.2) is 46.5 Å². The molecule has 8 N–H and O–H groups in total. The number of nitrogens with two attached hydrogens (primary N) is 4. The lowest BCUT2D eigenvalue weighted by atomic mass is 9.73. The standard InChI is InChI=1S/C23H25ClN8OS/c24-15-14(5-8-29-18(15)26)34-22-19(27)31-21(16(30-22)20(28)33)32-9-6-23(7-10-32)11-12-3-1-2-4-13(12)17(23)25/h1-5,8,17H,6-7,9-11,25H2,(H2,26,29)(H2,27,31)(H2,28,33)/t17-/m1/s1. The molecule has 1 spiro atoms. The van der Waals surface area contributed by atoms with Crippen molar-refractivity contribution in [1.82, 2.24) is 15.0 Å². The molecule has 1 aromatic carbocycles. The van der Waals surface area contributed by atoms with E-state index in [1.165, 1.54) is 17.3 Å². The van der Waals surface area contributed by atoms with Crippen LogP contribution in [0.25, 0.3) is 0 Å². The van der Waals surface area contributed by atoms with E-state index in [2.05, 4.69) is 33.2 Å². The number of anilines is 3. The maximum Gasteiger partial charge on any atom is 0.271 e. The van der Waals surface area contributed by atoms with E-state index < -0.39 is 5.91 Å². The first-order valence-electron chi connectivity index (χ1n) is 10.9. The van der Waals surface area contributed by atoms with Crippen LogP contribution in [0.5, 0.6) is 0 Å². The van der Waals surface area contributed by atoms with Crippen LogP contribution in [0.3, 0.4) is 0 Å². The number of pyridine rings is 1. The molecule has 176 valence electrons. The summed E-state index contributed by atoms with van der Waals surface area (Å²) in [7, 11) is 0. The lowest BCUT2D eigenvalue weighted by Crippen LogP contribution is -2.45. The molecule has 0 saturated carbocycles. The first kappa shape index (κ1) is 22.7. The smallest absolute Gasteiger partial charge is 0.271 e. The second-order valence-electron chi connectivity index (χ2n) is 8.76. The minimum atomic E-state index is -0.671. The number of fused-ring (bicyclic) bond motifs is 1. The van der Waals surface area contributed by atoms with E-state index in [0.29, 0.717) is 28.8 Å². The number of benzene rings is 1. The number of nitrogens with zero attached hydrogens (tertiary/aromatic N) is 4. The van der Waals surface area contributed by atoms with E-state index in [1.54, 1.807) is 6.07 Å². The lowest BCUT2D eigenvalue weighted by molar-refractivity contribution is 0.0995. The topological polar surface area (TPSA) is 163 Å². The van der Waals surface area contributed by atoms with Crippen molar-refractivity contribution in [3.05, 3.63) is 58.4 Å². The lowest BCUT2D eigenvalue weighted by Gasteiger charge is -2.42. The van der Waals surface area contributed by atoms with Crippen molar-refractivity contribution in [2.45, 2.75) is 35.2 Å². The second kappa shape index (κ2) is 8.61. The number of carbonyl (C=O) groups excluding carboxylic acids is 1. The van der Waals surface area contributed by atoms with Gasteiger partial charge in [-0.2, -0.15) is 0 Å². The largest absolute Gasteiger partial charge is 0.382 e. The summed E-state index contributed by atoms with van der Waals surface area (Å²) in [6.45, 7) is 1.35. The molecule has 1 amide bonds. The summed E-state index contributed by atoms with van der Waals surface area (Å²) in [5.74, 6) is 0.102. The summed E-state index contributed by atoms with van der Waals surface area (Å²) in [6, 6.07) is 10.1. The predicted molar refractivity (Wildman–Crippen MR) is 134 cm³/mol. The van der Waals surface area contributed by atoms with Crippen LogP contribution in [-0.4, -0.2) is 33.9 Å². The zero-order chi connectivity index (χ0) is 24.0. The van der Waals surface area contributed by atoms with Crippen LogP contribution in [0.4, 0.5) is 17.5 Å². The summed E-state index contributed by atoms with van der Waals surface area (Å²) in [5, 5.41) is 0.612. The molecule has 1 fully saturated rings. The predicted octanol–water partition coefficient (Wildman–Crippen LogP) is 2.78. The van der Waals surface area contributed by atoms with Crippen LogP contribution >= 0.6 is 23.4 Å². The van der Waals surface area contributed by atoms with Crippen molar-refractivity contribution < 1.29 is 4.79 Å². The van der Waals surface area contributed by atoms with Crippen molar-refractivity contribution in [2.75, 3.05) is 29.5 Å². The molecule has 2 aliphatic rings. The number of piperidine rings is 1. The molecule has 9 nitrogen and oxygen atoms in total. The monoisotopic (exact) mass is 496 g/mol. The van der Waals surface area contributed by atoms with E-state index in [-0.39, 0.29) is 33.8 Å². The Morgan fingerprint density at radius 2 is 1.85 bits per heavy atom. The van der Waals surface area contributed by atoms with Gasteiger partial charge in [0.05, 0.1) is 5.02 Å². The van der Waals surface area contributed by atoms with Crippen molar-refractivity contribution >= 4 is 46.7 Å². The first-order valence-corrected chi connectivity index (χ1v) is 12.1. The van der Waals surface area contributed by atoms with Gasteiger partial charge in [0.2, 0.25) is 0 Å². The van der Waals surface area contributed by atoms with Gasteiger partial charge in [0.1, 0.15) is 10.8 Å². The molecule has 5 rings (SSSR count). The van der Waals surface area contributed by atoms with E-state index in [1.807, 2.05) is 11.0 Å². The normalized spacial score (nSPS) is 18.8. The Labute approximate surface area is 206 Å². The maximum absolute atomic E-state index is 12.3. The van der Waals surface area contributed by atoms with Crippen LogP contribution in [0.1, 0.15) is 40.5 Å². The van der Waals surface area contributed by atoms with Gasteiger partial charge in [0.25, 0.3) is 5.91 Å². The Balaban J connectivity index is 1.40. The van der Waals surface area contributed by atoms with Crippen LogP contribution < -0.4 is 27.8 Å². The highest BCUT2D eigenvalue weighted by Gasteiger charge is 2.46. The van der Waals surface area contributed by atoms with Gasteiger partial charge in [-0.15, -0.1) is 0 Å². The molecule has 1 aliphatic heterocycles. The van der Waals surface area contributed by atoms with Gasteiger partial charge in [0, 0.05) is 30.2 Å². The number of carbonyl (C=O) groups is 1. The molecule has 1 aliphatic carbocycles. The molecule has 0 bridgehead atoms. The molecule has 1 atom stereocenters. The average molecular weight is 497 g/mol. The highest BCUT2D eigenvalue weighted by atomic mass is 35.5. The van der Waals surface area contributed by atoms with E-state index in [4.69, 9.17) is 34.5 Å². The van der Waals surface area contributed by atoms with Gasteiger partial charge in [-0.1, -0.05) is 47.6 Å². The third-order valence-corrected chi connectivity index (χ3v) is 8.41. The van der Waals surface area contributed by atoms with Crippen molar-refractivity contribution in [1.29, 1.82) is 0 Å². The van der Waals surface area contributed by atoms with Gasteiger partial charge < -0.3 is 27.8 Å². The van der Waals surface area contributed by atoms with Crippen molar-refractivity contribution in [3.8, 4) is 0 Å².